The smallest absolute Gasteiger partial charge is 0.0600 e. The van der Waals surface area contributed by atoms with Crippen molar-refractivity contribution in [2.75, 3.05) is 0 Å². The summed E-state index contributed by atoms with van der Waals surface area (Å²) in [6.45, 7) is 10.8. The molecule has 1 heterocycles. The van der Waals surface area contributed by atoms with Gasteiger partial charge in [0.05, 0.1) is 12.2 Å². The van der Waals surface area contributed by atoms with Crippen LogP contribution in [0, 0.1) is 25.7 Å². The Morgan fingerprint density at radius 1 is 1.11 bits per heavy atom. The van der Waals surface area contributed by atoms with E-state index in [0.29, 0.717) is 17.9 Å². The Bertz CT molecular complexity index is 429. The molecule has 0 radical (unpaired) electrons. The fraction of sp³-hybridized carbons (Fsp3) is 0.625. The first-order valence-corrected chi connectivity index (χ1v) is 6.90. The lowest BCUT2D eigenvalue weighted by molar-refractivity contribution is 0.0489. The molecule has 0 saturated carbocycles. The van der Waals surface area contributed by atoms with E-state index in [9.17, 15) is 0 Å². The molecule has 1 aromatic carbocycles. The largest absolute Gasteiger partial charge is 0.375 e. The van der Waals surface area contributed by atoms with Crippen molar-refractivity contribution in [1.82, 2.24) is 0 Å². The van der Waals surface area contributed by atoms with E-state index in [0.717, 1.165) is 0 Å². The maximum Gasteiger partial charge on any atom is 0.0600 e. The average molecular weight is 247 g/mol. The van der Waals surface area contributed by atoms with E-state index in [-0.39, 0.29) is 12.1 Å². The molecule has 1 aliphatic rings. The third-order valence-corrected chi connectivity index (χ3v) is 4.53. The zero-order chi connectivity index (χ0) is 13.4. The van der Waals surface area contributed by atoms with Gasteiger partial charge in [0.25, 0.3) is 0 Å². The molecule has 0 aliphatic carbocycles. The number of nitrogens with two attached hydrogens (primary N) is 1. The van der Waals surface area contributed by atoms with E-state index in [1.54, 1.807) is 0 Å². The van der Waals surface area contributed by atoms with Gasteiger partial charge in [0.2, 0.25) is 0 Å². The Morgan fingerprint density at radius 2 is 1.78 bits per heavy atom. The molecule has 18 heavy (non-hydrogen) atoms. The van der Waals surface area contributed by atoms with Gasteiger partial charge in [0.1, 0.15) is 0 Å². The summed E-state index contributed by atoms with van der Waals surface area (Å²) < 4.78 is 5.92. The first-order valence-electron chi connectivity index (χ1n) is 6.90. The van der Waals surface area contributed by atoms with Gasteiger partial charge in [-0.1, -0.05) is 30.7 Å². The third kappa shape index (κ3) is 2.32. The SMILES string of the molecule is Cc1ccc(C)c(C(N)C2C(C)OC(C)C2C)c1. The molecule has 1 saturated heterocycles. The predicted molar refractivity (Wildman–Crippen MR) is 75.5 cm³/mol. The van der Waals surface area contributed by atoms with Gasteiger partial charge in [0, 0.05) is 12.0 Å². The van der Waals surface area contributed by atoms with Gasteiger partial charge in [0.15, 0.2) is 0 Å². The van der Waals surface area contributed by atoms with Crippen LogP contribution in [0.2, 0.25) is 0 Å². The summed E-state index contributed by atoms with van der Waals surface area (Å²) in [5.41, 5.74) is 10.4. The summed E-state index contributed by atoms with van der Waals surface area (Å²) in [6.07, 6.45) is 0.547. The normalized spacial score (nSPS) is 33.7. The highest BCUT2D eigenvalue weighted by molar-refractivity contribution is 5.33. The van der Waals surface area contributed by atoms with Crippen LogP contribution in [0.25, 0.3) is 0 Å². The van der Waals surface area contributed by atoms with Crippen LogP contribution in [0.15, 0.2) is 18.2 Å². The number of aryl methyl sites for hydroxylation is 2. The molecule has 2 rings (SSSR count). The fourth-order valence-electron chi connectivity index (χ4n) is 3.24. The second-order valence-corrected chi connectivity index (χ2v) is 5.87. The minimum atomic E-state index is 0.0693. The van der Waals surface area contributed by atoms with Crippen molar-refractivity contribution < 1.29 is 4.74 Å². The number of ether oxygens (including phenoxy) is 1. The van der Waals surface area contributed by atoms with Crippen molar-refractivity contribution in [3.05, 3.63) is 34.9 Å². The second-order valence-electron chi connectivity index (χ2n) is 5.87. The van der Waals surface area contributed by atoms with Crippen LogP contribution in [0.1, 0.15) is 43.5 Å². The lowest BCUT2D eigenvalue weighted by atomic mass is 9.79. The summed E-state index contributed by atoms with van der Waals surface area (Å²) in [6, 6.07) is 6.60. The van der Waals surface area contributed by atoms with Gasteiger partial charge in [-0.3, -0.25) is 0 Å². The average Bonchev–Trinajstić information content (AvgIpc) is 2.56. The molecular formula is C16H25NO. The standard InChI is InChI=1S/C16H25NO/c1-9-6-7-10(2)14(8-9)16(17)15-11(3)12(4)18-13(15)5/h6-8,11-13,15-16H,17H2,1-5H3. The zero-order valence-electron chi connectivity index (χ0n) is 12.1. The van der Waals surface area contributed by atoms with Gasteiger partial charge in [-0.15, -0.1) is 0 Å². The predicted octanol–water partition coefficient (Wildman–Crippen LogP) is 3.36. The van der Waals surface area contributed by atoms with E-state index >= 15 is 0 Å². The molecule has 2 nitrogen and oxygen atoms in total. The molecule has 5 atom stereocenters. The lowest BCUT2D eigenvalue weighted by Gasteiger charge is -2.27. The Morgan fingerprint density at radius 3 is 2.33 bits per heavy atom. The van der Waals surface area contributed by atoms with Gasteiger partial charge < -0.3 is 10.5 Å². The Balaban J connectivity index is 2.30. The third-order valence-electron chi connectivity index (χ3n) is 4.53. The summed E-state index contributed by atoms with van der Waals surface area (Å²) in [4.78, 5) is 0. The van der Waals surface area contributed by atoms with Crippen molar-refractivity contribution in [2.45, 2.75) is 52.9 Å². The van der Waals surface area contributed by atoms with Crippen LogP contribution in [-0.4, -0.2) is 12.2 Å². The van der Waals surface area contributed by atoms with Crippen molar-refractivity contribution in [3.63, 3.8) is 0 Å². The van der Waals surface area contributed by atoms with E-state index < -0.39 is 0 Å². The van der Waals surface area contributed by atoms with Gasteiger partial charge in [-0.05, 0) is 44.7 Å². The molecule has 0 bridgehead atoms. The minimum absolute atomic E-state index is 0.0693. The Hall–Kier alpha value is -0.860. The van der Waals surface area contributed by atoms with Crippen LogP contribution in [-0.2, 0) is 4.74 Å². The Kier molecular flexibility index (Phi) is 3.79. The lowest BCUT2D eigenvalue weighted by Crippen LogP contribution is -2.31. The van der Waals surface area contributed by atoms with E-state index in [4.69, 9.17) is 10.5 Å². The fourth-order valence-corrected chi connectivity index (χ4v) is 3.24. The molecule has 100 valence electrons. The molecule has 0 amide bonds. The number of rotatable bonds is 2. The number of hydrogen-bond donors (Lipinski definition) is 1. The number of benzene rings is 1. The maximum absolute atomic E-state index is 6.53. The monoisotopic (exact) mass is 247 g/mol. The van der Waals surface area contributed by atoms with Crippen LogP contribution in [0.5, 0.6) is 0 Å². The highest BCUT2D eigenvalue weighted by Crippen LogP contribution is 2.40. The maximum atomic E-state index is 6.53. The molecule has 1 aromatic rings. The van der Waals surface area contributed by atoms with Crippen molar-refractivity contribution >= 4 is 0 Å². The highest BCUT2D eigenvalue weighted by atomic mass is 16.5. The summed E-state index contributed by atoms with van der Waals surface area (Å²) in [7, 11) is 0. The van der Waals surface area contributed by atoms with Crippen molar-refractivity contribution in [2.24, 2.45) is 17.6 Å². The molecule has 0 aromatic heterocycles. The van der Waals surface area contributed by atoms with Crippen molar-refractivity contribution in [1.29, 1.82) is 0 Å². The first kappa shape index (κ1) is 13.6. The first-order chi connectivity index (χ1) is 8.41. The Labute approximate surface area is 111 Å². The summed E-state index contributed by atoms with van der Waals surface area (Å²) >= 11 is 0. The minimum Gasteiger partial charge on any atom is -0.375 e. The van der Waals surface area contributed by atoms with Gasteiger partial charge in [-0.2, -0.15) is 0 Å². The van der Waals surface area contributed by atoms with Crippen LogP contribution in [0.3, 0.4) is 0 Å². The summed E-state index contributed by atoms with van der Waals surface area (Å²) in [5, 5.41) is 0. The summed E-state index contributed by atoms with van der Waals surface area (Å²) in [5.74, 6) is 0.912. The van der Waals surface area contributed by atoms with E-state index in [1.165, 1.54) is 16.7 Å². The van der Waals surface area contributed by atoms with E-state index in [2.05, 4.69) is 52.8 Å². The second kappa shape index (κ2) is 5.02. The van der Waals surface area contributed by atoms with Crippen LogP contribution in [0.4, 0.5) is 0 Å². The molecule has 1 fully saturated rings. The molecule has 2 heteroatoms. The topological polar surface area (TPSA) is 35.2 Å². The van der Waals surface area contributed by atoms with Crippen LogP contribution >= 0.6 is 0 Å². The van der Waals surface area contributed by atoms with Crippen LogP contribution < -0.4 is 5.73 Å². The molecular weight excluding hydrogens is 222 g/mol. The molecule has 2 N–H and O–H groups in total. The highest BCUT2D eigenvalue weighted by Gasteiger charge is 2.41. The number of hydrogen-bond acceptors (Lipinski definition) is 2. The van der Waals surface area contributed by atoms with Gasteiger partial charge >= 0.3 is 0 Å². The molecule has 5 unspecified atom stereocenters. The quantitative estimate of drug-likeness (QED) is 0.869. The van der Waals surface area contributed by atoms with Gasteiger partial charge in [-0.25, -0.2) is 0 Å². The zero-order valence-corrected chi connectivity index (χ0v) is 12.1. The van der Waals surface area contributed by atoms with Crippen molar-refractivity contribution in [3.8, 4) is 0 Å². The molecule has 0 spiro atoms. The van der Waals surface area contributed by atoms with E-state index in [1.807, 2.05) is 0 Å². The molecule has 1 aliphatic heterocycles.